The van der Waals surface area contributed by atoms with Gasteiger partial charge in [0.2, 0.25) is 0 Å². The van der Waals surface area contributed by atoms with Crippen LogP contribution in [-0.2, 0) is 10.1 Å². The topological polar surface area (TPSA) is 67.3 Å². The van der Waals surface area contributed by atoms with Gasteiger partial charge in [-0.05, 0) is 47.1 Å². The Labute approximate surface area is 191 Å². The molecule has 0 radical (unpaired) electrons. The Morgan fingerprint density at radius 2 is 1.12 bits per heavy atom. The van der Waals surface area contributed by atoms with Crippen LogP contribution in [0.25, 0.3) is 11.1 Å². The second kappa shape index (κ2) is 10.7. The van der Waals surface area contributed by atoms with E-state index in [9.17, 15) is 13.2 Å². The molecular weight excluding hydrogens is 470 g/mol. The number of alkyl halides is 3. The van der Waals surface area contributed by atoms with Crippen molar-refractivity contribution in [3.63, 3.8) is 0 Å². The van der Waals surface area contributed by atoms with Crippen molar-refractivity contribution in [2.45, 2.75) is 5.51 Å². The summed E-state index contributed by atoms with van der Waals surface area (Å²) in [7, 11) is -6.45. The maximum Gasteiger partial charge on any atom is 0.522 e. The molecule has 3 aromatic carbocycles. The molecule has 33 heavy (non-hydrogen) atoms. The van der Waals surface area contributed by atoms with Crippen LogP contribution in [0.15, 0.2) is 109 Å². The Morgan fingerprint density at radius 3 is 1.58 bits per heavy atom. The summed E-state index contributed by atoms with van der Waals surface area (Å²) >= 11 is 0. The lowest BCUT2D eigenvalue weighted by Gasteiger charge is -2.22. The molecule has 1 N–H and O–H groups in total. The summed E-state index contributed by atoms with van der Waals surface area (Å²) in [6.45, 7) is 0. The third-order valence-electron chi connectivity index (χ3n) is 4.46. The molecule has 0 aliphatic carbocycles. The van der Waals surface area contributed by atoms with Gasteiger partial charge in [0.1, 0.15) is 0 Å². The SMILES string of the molecule is O=S(=O)(O)C(F)(F)F.c1ccc(P(c2ccccc2)c2ccccc2-c2ccncc2)cc1. The predicted molar refractivity (Wildman–Crippen MR) is 126 cm³/mol. The summed E-state index contributed by atoms with van der Waals surface area (Å²) in [4.78, 5) is 4.17. The number of rotatable bonds is 4. The lowest BCUT2D eigenvalue weighted by Crippen LogP contribution is -2.21. The van der Waals surface area contributed by atoms with E-state index in [1.165, 1.54) is 27.0 Å². The molecule has 0 saturated carbocycles. The summed E-state index contributed by atoms with van der Waals surface area (Å²) in [5.74, 6) is 0. The van der Waals surface area contributed by atoms with E-state index in [4.69, 9.17) is 13.0 Å². The van der Waals surface area contributed by atoms with Gasteiger partial charge in [0, 0.05) is 12.4 Å². The smallest absolute Gasteiger partial charge is 0.279 e. The van der Waals surface area contributed by atoms with Gasteiger partial charge in [-0.1, -0.05) is 84.9 Å². The fourth-order valence-electron chi connectivity index (χ4n) is 3.03. The minimum absolute atomic E-state index is 0.611. The van der Waals surface area contributed by atoms with Gasteiger partial charge in [-0.25, -0.2) is 0 Å². The van der Waals surface area contributed by atoms with Crippen molar-refractivity contribution in [1.29, 1.82) is 0 Å². The van der Waals surface area contributed by atoms with E-state index in [0.717, 1.165) is 0 Å². The second-order valence-electron chi connectivity index (χ2n) is 6.68. The average molecular weight is 489 g/mol. The molecule has 0 aliphatic rings. The Hall–Kier alpha value is -3.06. The molecule has 170 valence electrons. The Kier molecular flexibility index (Phi) is 7.97. The highest BCUT2D eigenvalue weighted by molar-refractivity contribution is 7.86. The van der Waals surface area contributed by atoms with Gasteiger partial charge in [-0.2, -0.15) is 21.6 Å². The number of pyridine rings is 1. The molecule has 4 nitrogen and oxygen atoms in total. The standard InChI is InChI=1S/C23H18NP.CHF3O3S/c1-3-9-20(10-4-1)25(21-11-5-2-6-12-21)23-14-8-7-13-22(23)19-15-17-24-18-16-19;2-1(3,4)8(5,6)7/h1-18H;(H,5,6,7). The zero-order valence-corrected chi connectivity index (χ0v) is 18.8. The van der Waals surface area contributed by atoms with Crippen LogP contribution in [0.3, 0.4) is 0 Å². The van der Waals surface area contributed by atoms with Crippen molar-refractivity contribution in [3.05, 3.63) is 109 Å². The van der Waals surface area contributed by atoms with Gasteiger partial charge >= 0.3 is 15.6 Å². The molecule has 0 fully saturated rings. The zero-order chi connectivity index (χ0) is 23.9. The number of nitrogens with zero attached hydrogens (tertiary/aromatic N) is 1. The Balaban J connectivity index is 0.000000331. The molecule has 0 amide bonds. The fourth-order valence-corrected chi connectivity index (χ4v) is 5.50. The number of aromatic nitrogens is 1. The van der Waals surface area contributed by atoms with E-state index >= 15 is 0 Å². The Bertz CT molecular complexity index is 1230. The maximum atomic E-state index is 10.7. The van der Waals surface area contributed by atoms with Gasteiger partial charge in [0.25, 0.3) is 0 Å². The summed E-state index contributed by atoms with van der Waals surface area (Å²) < 4.78 is 57.5. The van der Waals surface area contributed by atoms with Crippen molar-refractivity contribution < 1.29 is 26.1 Å². The molecule has 4 rings (SSSR count). The number of benzene rings is 3. The monoisotopic (exact) mass is 489 g/mol. The Morgan fingerprint density at radius 1 is 0.697 bits per heavy atom. The highest BCUT2D eigenvalue weighted by atomic mass is 32.2. The molecule has 0 saturated heterocycles. The normalized spacial score (nSPS) is 11.5. The molecule has 0 spiro atoms. The summed E-state index contributed by atoms with van der Waals surface area (Å²) in [5, 5.41) is 4.11. The summed E-state index contributed by atoms with van der Waals surface area (Å²) in [6, 6.07) is 34.5. The molecule has 1 aromatic heterocycles. The van der Waals surface area contributed by atoms with Crippen molar-refractivity contribution in [2.24, 2.45) is 0 Å². The first kappa shape index (κ1) is 24.6. The van der Waals surface area contributed by atoms with E-state index in [1.54, 1.807) is 0 Å². The third kappa shape index (κ3) is 6.48. The first-order valence-corrected chi connectivity index (χ1v) is 12.4. The van der Waals surface area contributed by atoms with Crippen LogP contribution in [0.4, 0.5) is 13.2 Å². The summed E-state index contributed by atoms with van der Waals surface area (Å²) in [5.41, 5.74) is -3.04. The van der Waals surface area contributed by atoms with Gasteiger partial charge < -0.3 is 0 Å². The minimum Gasteiger partial charge on any atom is -0.279 e. The van der Waals surface area contributed by atoms with E-state index in [-0.39, 0.29) is 0 Å². The van der Waals surface area contributed by atoms with E-state index in [2.05, 4.69) is 102 Å². The van der Waals surface area contributed by atoms with E-state index < -0.39 is 23.5 Å². The quantitative estimate of drug-likeness (QED) is 0.252. The highest BCUT2D eigenvalue weighted by Gasteiger charge is 2.44. The van der Waals surface area contributed by atoms with E-state index in [1.807, 2.05) is 12.4 Å². The molecule has 0 bridgehead atoms. The van der Waals surface area contributed by atoms with Gasteiger partial charge in [0.05, 0.1) is 0 Å². The highest BCUT2D eigenvalue weighted by Crippen LogP contribution is 2.36. The van der Waals surface area contributed by atoms with Crippen molar-refractivity contribution in [3.8, 4) is 11.1 Å². The zero-order valence-electron chi connectivity index (χ0n) is 17.1. The molecule has 4 aromatic rings. The van der Waals surface area contributed by atoms with Gasteiger partial charge in [0.15, 0.2) is 0 Å². The molecule has 9 heteroatoms. The van der Waals surface area contributed by atoms with Crippen LogP contribution >= 0.6 is 7.92 Å². The van der Waals surface area contributed by atoms with Crippen molar-refractivity contribution in [1.82, 2.24) is 4.98 Å². The van der Waals surface area contributed by atoms with Crippen LogP contribution in [0.5, 0.6) is 0 Å². The number of hydrogen-bond donors (Lipinski definition) is 1. The van der Waals surface area contributed by atoms with Crippen LogP contribution in [0.1, 0.15) is 0 Å². The fraction of sp³-hybridized carbons (Fsp3) is 0.0417. The maximum absolute atomic E-state index is 10.7. The van der Waals surface area contributed by atoms with E-state index in [0.29, 0.717) is 0 Å². The van der Waals surface area contributed by atoms with Crippen LogP contribution in [0.2, 0.25) is 0 Å². The van der Waals surface area contributed by atoms with Crippen molar-refractivity contribution >= 4 is 34.0 Å². The first-order chi connectivity index (χ1) is 15.7. The van der Waals surface area contributed by atoms with Crippen LogP contribution in [0, 0.1) is 0 Å². The molecule has 0 aliphatic heterocycles. The van der Waals surface area contributed by atoms with Gasteiger partial charge in [-0.3, -0.25) is 9.54 Å². The third-order valence-corrected chi connectivity index (χ3v) is 7.54. The average Bonchev–Trinajstić information content (AvgIpc) is 2.81. The summed E-state index contributed by atoms with van der Waals surface area (Å²) in [6.07, 6.45) is 3.72. The lowest BCUT2D eigenvalue weighted by atomic mass is 10.1. The molecule has 0 unspecified atom stereocenters. The first-order valence-electron chi connectivity index (χ1n) is 9.62. The molecule has 1 heterocycles. The molecular formula is C24H19F3NO3PS. The lowest BCUT2D eigenvalue weighted by molar-refractivity contribution is -0.0510. The minimum atomic E-state index is -5.84. The van der Waals surface area contributed by atoms with Crippen LogP contribution in [-0.4, -0.2) is 23.5 Å². The molecule has 0 atom stereocenters. The van der Waals surface area contributed by atoms with Crippen molar-refractivity contribution in [2.75, 3.05) is 0 Å². The second-order valence-corrected chi connectivity index (χ2v) is 10.3. The number of hydrogen-bond acceptors (Lipinski definition) is 3. The predicted octanol–water partition coefficient (Wildman–Crippen LogP) is 4.90. The number of halogens is 3. The largest absolute Gasteiger partial charge is 0.522 e. The van der Waals surface area contributed by atoms with Gasteiger partial charge in [-0.15, -0.1) is 0 Å². The van der Waals surface area contributed by atoms with Crippen LogP contribution < -0.4 is 15.9 Å².